The predicted molar refractivity (Wildman–Crippen MR) is 102 cm³/mol. The minimum atomic E-state index is -0.465. The van der Waals surface area contributed by atoms with Crippen molar-refractivity contribution in [2.75, 3.05) is 19.7 Å². The fourth-order valence-corrected chi connectivity index (χ4v) is 4.16. The molecule has 1 amide bonds. The van der Waals surface area contributed by atoms with Crippen LogP contribution >= 0.6 is 0 Å². The number of amides is 1. The van der Waals surface area contributed by atoms with E-state index in [1.165, 1.54) is 30.3 Å². The lowest BCUT2D eigenvalue weighted by molar-refractivity contribution is -0.149. The highest BCUT2D eigenvalue weighted by molar-refractivity contribution is 5.89. The van der Waals surface area contributed by atoms with E-state index in [0.29, 0.717) is 17.9 Å². The molecule has 1 saturated carbocycles. The fourth-order valence-electron chi connectivity index (χ4n) is 4.16. The second kappa shape index (κ2) is 7.68. The molecule has 5 nitrogen and oxygen atoms in total. The molecule has 2 aliphatic rings. The zero-order chi connectivity index (χ0) is 18.8. The largest absolute Gasteiger partial charge is 0.452 e. The van der Waals surface area contributed by atoms with E-state index in [2.05, 4.69) is 38.3 Å². The highest BCUT2D eigenvalue weighted by Crippen LogP contribution is 2.38. The van der Waals surface area contributed by atoms with Crippen molar-refractivity contribution >= 4 is 18.0 Å². The smallest absolute Gasteiger partial charge is 0.331 e. The Bertz CT molecular complexity index is 705. The Labute approximate surface area is 156 Å². The Morgan fingerprint density at radius 2 is 1.85 bits per heavy atom. The molecule has 1 aromatic rings. The Hall–Kier alpha value is -2.04. The van der Waals surface area contributed by atoms with E-state index in [4.69, 9.17) is 4.74 Å². The highest BCUT2D eigenvalue weighted by atomic mass is 16.5. The van der Waals surface area contributed by atoms with Gasteiger partial charge in [-0.2, -0.15) is 0 Å². The average Bonchev–Trinajstić information content (AvgIpc) is 3.36. The Balaban J connectivity index is 1.52. The van der Waals surface area contributed by atoms with Crippen molar-refractivity contribution < 1.29 is 14.3 Å². The summed E-state index contributed by atoms with van der Waals surface area (Å²) >= 11 is 0. The monoisotopic (exact) mass is 358 g/mol. The summed E-state index contributed by atoms with van der Waals surface area (Å²) in [7, 11) is 0. The lowest BCUT2D eigenvalue weighted by Gasteiger charge is -2.34. The van der Waals surface area contributed by atoms with Crippen LogP contribution < -0.4 is 0 Å². The molecule has 26 heavy (non-hydrogen) atoms. The minimum absolute atomic E-state index is 0.0999. The number of aromatic nitrogens is 1. The summed E-state index contributed by atoms with van der Waals surface area (Å²) < 4.78 is 7.50. The van der Waals surface area contributed by atoms with Crippen molar-refractivity contribution in [2.24, 2.45) is 11.8 Å². The van der Waals surface area contributed by atoms with Crippen LogP contribution in [0.15, 0.2) is 12.1 Å². The second-order valence-electron chi connectivity index (χ2n) is 8.11. The number of likely N-dealkylation sites (tertiary alicyclic amines) is 1. The number of ether oxygens (including phenoxy) is 1. The maximum Gasteiger partial charge on any atom is 0.331 e. The Morgan fingerprint density at radius 1 is 1.19 bits per heavy atom. The van der Waals surface area contributed by atoms with Crippen molar-refractivity contribution in [1.29, 1.82) is 0 Å². The summed E-state index contributed by atoms with van der Waals surface area (Å²) in [6, 6.07) is 2.72. The molecule has 1 aromatic heterocycles. The number of aryl methyl sites for hydroxylation is 1. The summed E-state index contributed by atoms with van der Waals surface area (Å²) in [5.41, 5.74) is 3.44. The van der Waals surface area contributed by atoms with E-state index >= 15 is 0 Å². The molecule has 1 aliphatic carbocycles. The molecule has 142 valence electrons. The second-order valence-corrected chi connectivity index (χ2v) is 8.11. The van der Waals surface area contributed by atoms with Crippen LogP contribution in [0.2, 0.25) is 0 Å². The van der Waals surface area contributed by atoms with Crippen LogP contribution in [0.1, 0.15) is 56.1 Å². The molecule has 1 saturated heterocycles. The van der Waals surface area contributed by atoms with Gasteiger partial charge >= 0.3 is 5.97 Å². The average molecular weight is 358 g/mol. The molecule has 2 fully saturated rings. The van der Waals surface area contributed by atoms with Gasteiger partial charge in [-0.25, -0.2) is 4.79 Å². The summed E-state index contributed by atoms with van der Waals surface area (Å²) in [5, 5.41) is 0. The number of nitrogens with zero attached hydrogens (tertiary/aromatic N) is 2. The van der Waals surface area contributed by atoms with Gasteiger partial charge in [-0.1, -0.05) is 13.8 Å². The standard InChI is InChI=1S/C21H30N2O3/c1-14-9-15(2)12-22(11-14)20(24)13-26-21(25)8-5-18-10-16(3)23(17(18)4)19-6-7-19/h5,8,10,14-15,19H,6-7,9,11-13H2,1-4H3/b8-5+/t14-,15-/m1/s1. The number of hydrogen-bond acceptors (Lipinski definition) is 3. The number of carbonyl (C=O) groups excluding carboxylic acids is 2. The quantitative estimate of drug-likeness (QED) is 0.598. The first-order valence-corrected chi connectivity index (χ1v) is 9.66. The number of carbonyl (C=O) groups is 2. The van der Waals surface area contributed by atoms with Gasteiger partial charge in [0.05, 0.1) is 0 Å². The van der Waals surface area contributed by atoms with Gasteiger partial charge in [0, 0.05) is 36.6 Å². The van der Waals surface area contributed by atoms with E-state index in [1.54, 1.807) is 6.08 Å². The molecule has 0 bridgehead atoms. The van der Waals surface area contributed by atoms with E-state index < -0.39 is 5.97 Å². The number of rotatable bonds is 5. The lowest BCUT2D eigenvalue weighted by atomic mass is 9.92. The maximum absolute atomic E-state index is 12.3. The molecular formula is C21H30N2O3. The fraction of sp³-hybridized carbons (Fsp3) is 0.619. The number of hydrogen-bond donors (Lipinski definition) is 0. The third-order valence-corrected chi connectivity index (χ3v) is 5.39. The first kappa shape index (κ1) is 18.7. The van der Waals surface area contributed by atoms with Gasteiger partial charge in [-0.15, -0.1) is 0 Å². The maximum atomic E-state index is 12.3. The molecule has 5 heteroatoms. The van der Waals surface area contributed by atoms with Gasteiger partial charge in [0.25, 0.3) is 5.91 Å². The van der Waals surface area contributed by atoms with E-state index in [-0.39, 0.29) is 12.5 Å². The van der Waals surface area contributed by atoms with Crippen LogP contribution in [0.25, 0.3) is 6.08 Å². The van der Waals surface area contributed by atoms with Crippen LogP contribution in [-0.4, -0.2) is 41.0 Å². The third kappa shape index (κ3) is 4.37. The van der Waals surface area contributed by atoms with E-state index in [0.717, 1.165) is 25.1 Å². The normalized spacial score (nSPS) is 23.5. The lowest BCUT2D eigenvalue weighted by Crippen LogP contribution is -2.44. The van der Waals surface area contributed by atoms with Gasteiger partial charge in [-0.3, -0.25) is 4.79 Å². The van der Waals surface area contributed by atoms with Crippen molar-refractivity contribution in [3.63, 3.8) is 0 Å². The molecule has 1 aliphatic heterocycles. The Morgan fingerprint density at radius 3 is 2.46 bits per heavy atom. The number of piperidine rings is 1. The topological polar surface area (TPSA) is 51.5 Å². The molecule has 0 radical (unpaired) electrons. The zero-order valence-electron chi connectivity index (χ0n) is 16.3. The highest BCUT2D eigenvalue weighted by Gasteiger charge is 2.27. The van der Waals surface area contributed by atoms with Crippen molar-refractivity contribution in [2.45, 2.75) is 53.0 Å². The van der Waals surface area contributed by atoms with Gasteiger partial charge in [-0.05, 0) is 62.7 Å². The molecule has 3 rings (SSSR count). The van der Waals surface area contributed by atoms with Crippen LogP contribution in [0.4, 0.5) is 0 Å². The van der Waals surface area contributed by atoms with Crippen molar-refractivity contribution in [3.8, 4) is 0 Å². The molecule has 2 atom stereocenters. The first-order chi connectivity index (χ1) is 12.3. The first-order valence-electron chi connectivity index (χ1n) is 9.66. The van der Waals surface area contributed by atoms with Gasteiger partial charge in [0.15, 0.2) is 6.61 Å². The molecule has 0 spiro atoms. The van der Waals surface area contributed by atoms with E-state index in [9.17, 15) is 9.59 Å². The molecular weight excluding hydrogens is 328 g/mol. The van der Waals surface area contributed by atoms with Crippen LogP contribution in [-0.2, 0) is 14.3 Å². The minimum Gasteiger partial charge on any atom is -0.452 e. The van der Waals surface area contributed by atoms with Gasteiger partial charge in [0.1, 0.15) is 0 Å². The Kier molecular flexibility index (Phi) is 5.54. The summed E-state index contributed by atoms with van der Waals surface area (Å²) in [6.45, 7) is 9.82. The van der Waals surface area contributed by atoms with Crippen LogP contribution in [0, 0.1) is 25.7 Å². The van der Waals surface area contributed by atoms with Gasteiger partial charge < -0.3 is 14.2 Å². The molecule has 0 aromatic carbocycles. The summed E-state index contributed by atoms with van der Waals surface area (Å²) in [4.78, 5) is 26.1. The van der Waals surface area contributed by atoms with Gasteiger partial charge in [0.2, 0.25) is 0 Å². The summed E-state index contributed by atoms with van der Waals surface area (Å²) in [5.74, 6) is 0.435. The SMILES string of the molecule is Cc1cc(/C=C/C(=O)OCC(=O)N2C[C@H](C)C[C@@H](C)C2)c(C)n1C1CC1. The number of esters is 1. The molecule has 0 unspecified atom stereocenters. The third-order valence-electron chi connectivity index (χ3n) is 5.39. The zero-order valence-corrected chi connectivity index (χ0v) is 16.3. The molecule has 2 heterocycles. The van der Waals surface area contributed by atoms with Crippen LogP contribution in [0.5, 0.6) is 0 Å². The van der Waals surface area contributed by atoms with Crippen molar-refractivity contribution in [3.05, 3.63) is 29.1 Å². The van der Waals surface area contributed by atoms with E-state index in [1.807, 2.05) is 4.90 Å². The van der Waals surface area contributed by atoms with Crippen LogP contribution in [0.3, 0.4) is 0 Å². The summed E-state index contributed by atoms with van der Waals surface area (Å²) in [6.07, 6.45) is 6.83. The predicted octanol–water partition coefficient (Wildman–Crippen LogP) is 3.50. The molecule has 0 N–H and O–H groups in total. The van der Waals surface area contributed by atoms with Crippen molar-refractivity contribution in [1.82, 2.24) is 9.47 Å².